The topological polar surface area (TPSA) is 137 Å². The number of hydrogen-bond donors (Lipinski definition) is 2. The molecule has 2 aromatic heterocycles. The average Bonchev–Trinajstić information content (AvgIpc) is 3.19. The Labute approximate surface area is 188 Å². The van der Waals surface area contributed by atoms with Crippen LogP contribution in [0.4, 0.5) is 5.95 Å². The summed E-state index contributed by atoms with van der Waals surface area (Å²) in [6, 6.07) is 5.41. The van der Waals surface area contributed by atoms with E-state index in [1.807, 2.05) is 0 Å². The zero-order chi connectivity index (χ0) is 26.9. The minimum Gasteiger partial charge on any atom is -0.497 e. The van der Waals surface area contributed by atoms with Gasteiger partial charge < -0.3 is 14.2 Å². The minimum absolute atomic E-state index is 0.105. The van der Waals surface area contributed by atoms with Crippen LogP contribution < -0.4 is 15.6 Å². The van der Waals surface area contributed by atoms with Crippen molar-refractivity contribution >= 4 is 40.6 Å². The number of benzene rings is 1. The summed E-state index contributed by atoms with van der Waals surface area (Å²) in [5.74, 6) is -4.75. The van der Waals surface area contributed by atoms with Crippen LogP contribution in [0.3, 0.4) is 0 Å². The molecule has 0 aliphatic heterocycles. The molecular weight excluding hydrogens is 430 g/mol. The predicted octanol–water partition coefficient (Wildman–Crippen LogP) is 1.53. The number of H-pyrrole nitrogens is 1. The van der Waals surface area contributed by atoms with Gasteiger partial charge in [-0.05, 0) is 24.3 Å². The highest BCUT2D eigenvalue weighted by atomic mass is 35.5. The van der Waals surface area contributed by atoms with Crippen LogP contribution in [0.15, 0.2) is 35.4 Å². The van der Waals surface area contributed by atoms with Gasteiger partial charge in [-0.15, -0.1) is 11.6 Å². The van der Waals surface area contributed by atoms with Crippen molar-refractivity contribution in [2.24, 2.45) is 0 Å². The van der Waals surface area contributed by atoms with Gasteiger partial charge in [0.15, 0.2) is 11.2 Å². The van der Waals surface area contributed by atoms with Gasteiger partial charge in [0.2, 0.25) is 11.9 Å². The Morgan fingerprint density at radius 1 is 1.39 bits per heavy atom. The Kier molecular flexibility index (Phi) is 5.28. The monoisotopic (exact) mass is 454 g/mol. The quantitative estimate of drug-likeness (QED) is 0.366. The molecule has 0 fully saturated rings. The summed E-state index contributed by atoms with van der Waals surface area (Å²) in [5.41, 5.74) is -1.12. The fourth-order valence-electron chi connectivity index (χ4n) is 2.36. The Bertz CT molecular complexity index is 1340. The summed E-state index contributed by atoms with van der Waals surface area (Å²) in [6.07, 6.45) is -2.25. The van der Waals surface area contributed by atoms with Gasteiger partial charge in [0, 0.05) is 9.67 Å². The minimum atomic E-state index is -3.42. The number of rotatable bonds is 9. The van der Waals surface area contributed by atoms with Crippen LogP contribution in [-0.2, 0) is 21.0 Å². The Morgan fingerprint density at radius 2 is 2.13 bits per heavy atom. The van der Waals surface area contributed by atoms with E-state index in [2.05, 4.69) is 20.3 Å². The lowest BCUT2D eigenvalue weighted by Crippen LogP contribution is -2.25. The maximum atomic E-state index is 12.5. The molecule has 0 aliphatic carbocycles. The lowest BCUT2D eigenvalue weighted by atomic mass is 10.2. The van der Waals surface area contributed by atoms with Crippen molar-refractivity contribution in [1.82, 2.24) is 19.5 Å². The van der Waals surface area contributed by atoms with E-state index in [9.17, 15) is 14.4 Å². The lowest BCUT2D eigenvalue weighted by molar-refractivity contribution is -0.114. The number of alkyl halides is 1. The molecule has 3 rings (SSSR count). The van der Waals surface area contributed by atoms with E-state index < -0.39 is 42.6 Å². The van der Waals surface area contributed by atoms with E-state index in [1.165, 1.54) is 38.3 Å². The first-order chi connectivity index (χ1) is 16.7. The maximum absolute atomic E-state index is 12.5. The summed E-state index contributed by atoms with van der Waals surface area (Å²) < 4.78 is 56.4. The number of amides is 1. The maximum Gasteiger partial charge on any atom is 0.338 e. The largest absolute Gasteiger partial charge is 0.497 e. The number of nitrogens with zero attached hydrogens (tertiary/aromatic N) is 3. The van der Waals surface area contributed by atoms with Crippen LogP contribution >= 0.6 is 11.6 Å². The molecule has 1 atom stereocenters. The normalized spacial score (nSPS) is 16.2. The zero-order valence-electron chi connectivity index (χ0n) is 21.3. The highest BCUT2D eigenvalue weighted by Gasteiger charge is 2.16. The number of aromatic amines is 1. The molecule has 1 amide bonds. The third kappa shape index (κ3) is 5.58. The third-order valence-electron chi connectivity index (χ3n) is 3.77. The SMILES string of the molecule is [2H]C([2H])(Cl)C([2H])(OCn1cnc2c(=O)[nH]c(NC(C)=O)nc21)C([2H])([2H])OC(=O)c1ccc(OC)cc1. The standard InChI is InChI=1S/C19H20ClN5O6/c1-11(26)22-19-23-16-15(17(27)24-19)21-9-25(16)10-31-14(7-20)8-30-18(28)12-3-5-13(29-2)6-4-12/h3-6,9,14H,7-8,10H2,1-2H3,(H2,22,23,24,26,27)/i7D2,8D2,14D. The van der Waals surface area contributed by atoms with Crippen molar-refractivity contribution < 1.29 is 30.7 Å². The summed E-state index contributed by atoms with van der Waals surface area (Å²) in [6.45, 7) is -3.02. The molecule has 164 valence electrons. The van der Waals surface area contributed by atoms with Crippen molar-refractivity contribution in [3.63, 3.8) is 0 Å². The number of hydrogen-bond acceptors (Lipinski definition) is 8. The van der Waals surface area contributed by atoms with Crippen LogP contribution in [0.25, 0.3) is 11.2 Å². The fourth-order valence-corrected chi connectivity index (χ4v) is 2.46. The number of carbonyl (C=O) groups is 2. The van der Waals surface area contributed by atoms with E-state index in [0.29, 0.717) is 5.75 Å². The predicted molar refractivity (Wildman–Crippen MR) is 111 cm³/mol. The molecule has 1 unspecified atom stereocenters. The smallest absolute Gasteiger partial charge is 0.338 e. The lowest BCUT2D eigenvalue weighted by Gasteiger charge is -2.16. The number of ether oxygens (including phenoxy) is 3. The van der Waals surface area contributed by atoms with E-state index in [-0.39, 0.29) is 22.7 Å². The van der Waals surface area contributed by atoms with Crippen LogP contribution in [0.1, 0.15) is 24.1 Å². The number of imidazole rings is 1. The second kappa shape index (κ2) is 10.0. The molecule has 0 radical (unpaired) electrons. The number of carbonyl (C=O) groups excluding carboxylic acids is 2. The van der Waals surface area contributed by atoms with Gasteiger partial charge in [-0.2, -0.15) is 4.98 Å². The Hall–Kier alpha value is -3.44. The first-order valence-electron chi connectivity index (χ1n) is 11.1. The number of aromatic nitrogens is 4. The number of esters is 1. The Morgan fingerprint density at radius 3 is 2.77 bits per heavy atom. The summed E-state index contributed by atoms with van der Waals surface area (Å²) in [4.78, 5) is 46.2. The van der Waals surface area contributed by atoms with E-state index in [0.717, 1.165) is 10.9 Å². The molecule has 1 aromatic carbocycles. The van der Waals surface area contributed by atoms with Crippen molar-refractivity contribution in [3.8, 4) is 5.75 Å². The average molecular weight is 455 g/mol. The molecule has 0 saturated carbocycles. The van der Waals surface area contributed by atoms with Gasteiger partial charge >= 0.3 is 5.97 Å². The number of fused-ring (bicyclic) bond motifs is 1. The molecule has 0 saturated heterocycles. The molecule has 12 heteroatoms. The van der Waals surface area contributed by atoms with Gasteiger partial charge in [-0.25, -0.2) is 9.78 Å². The highest BCUT2D eigenvalue weighted by Crippen LogP contribution is 2.13. The molecule has 31 heavy (non-hydrogen) atoms. The molecule has 2 N–H and O–H groups in total. The van der Waals surface area contributed by atoms with Crippen molar-refractivity contribution in [3.05, 3.63) is 46.5 Å². The molecule has 2 heterocycles. The third-order valence-corrected chi connectivity index (χ3v) is 3.94. The zero-order valence-corrected chi connectivity index (χ0v) is 17.0. The number of nitrogens with one attached hydrogen (secondary N) is 2. The Balaban J connectivity index is 1.89. The highest BCUT2D eigenvalue weighted by molar-refractivity contribution is 6.18. The van der Waals surface area contributed by atoms with Crippen molar-refractivity contribution in [1.29, 1.82) is 0 Å². The second-order valence-corrected chi connectivity index (χ2v) is 6.09. The molecular formula is C19H20ClN5O6. The van der Waals surface area contributed by atoms with Crippen LogP contribution in [-0.4, -0.2) is 57.0 Å². The molecule has 0 aliphatic rings. The van der Waals surface area contributed by atoms with Gasteiger partial charge in [0.05, 0.1) is 28.9 Å². The molecule has 3 aromatic rings. The fraction of sp³-hybridized carbons (Fsp3) is 0.316. The number of methoxy groups -OCH3 is 1. The van der Waals surface area contributed by atoms with Crippen molar-refractivity contribution in [2.45, 2.75) is 19.7 Å². The van der Waals surface area contributed by atoms with Crippen LogP contribution in [0.2, 0.25) is 0 Å². The van der Waals surface area contributed by atoms with Gasteiger partial charge in [0.1, 0.15) is 25.1 Å². The summed E-state index contributed by atoms with van der Waals surface area (Å²) >= 11 is 5.69. The number of halogens is 1. The summed E-state index contributed by atoms with van der Waals surface area (Å²) in [5, 5.41) is 2.29. The van der Waals surface area contributed by atoms with Gasteiger partial charge in [-0.1, -0.05) is 0 Å². The molecule has 0 spiro atoms. The molecule has 11 nitrogen and oxygen atoms in total. The first-order valence-corrected chi connectivity index (χ1v) is 8.99. The summed E-state index contributed by atoms with van der Waals surface area (Å²) in [7, 11) is 1.41. The van der Waals surface area contributed by atoms with E-state index in [4.69, 9.17) is 32.7 Å². The van der Waals surface area contributed by atoms with E-state index >= 15 is 0 Å². The van der Waals surface area contributed by atoms with E-state index in [1.54, 1.807) is 0 Å². The van der Waals surface area contributed by atoms with Gasteiger partial charge in [0.25, 0.3) is 5.56 Å². The second-order valence-electron chi connectivity index (χ2n) is 5.90. The molecule has 0 bridgehead atoms. The van der Waals surface area contributed by atoms with Gasteiger partial charge in [-0.3, -0.25) is 24.5 Å². The number of anilines is 1. The van der Waals surface area contributed by atoms with Crippen molar-refractivity contribution in [2.75, 3.05) is 24.8 Å². The van der Waals surface area contributed by atoms with Crippen LogP contribution in [0.5, 0.6) is 5.75 Å². The first kappa shape index (κ1) is 16.3. The van der Waals surface area contributed by atoms with Crippen LogP contribution in [0, 0.1) is 0 Å².